The maximum absolute atomic E-state index is 13.5. The van der Waals surface area contributed by atoms with E-state index in [2.05, 4.69) is 11.8 Å². The van der Waals surface area contributed by atoms with E-state index in [4.69, 9.17) is 9.47 Å². The highest BCUT2D eigenvalue weighted by Gasteiger charge is 2.28. The van der Waals surface area contributed by atoms with E-state index in [0.29, 0.717) is 23.6 Å². The van der Waals surface area contributed by atoms with Gasteiger partial charge in [-0.3, -0.25) is 9.59 Å². The summed E-state index contributed by atoms with van der Waals surface area (Å²) in [6, 6.07) is 12.2. The molecule has 1 N–H and O–H groups in total. The zero-order valence-corrected chi connectivity index (χ0v) is 22.7. The van der Waals surface area contributed by atoms with Crippen LogP contribution >= 0.6 is 0 Å². The van der Waals surface area contributed by atoms with Gasteiger partial charge in [0.05, 0.1) is 18.2 Å². The van der Waals surface area contributed by atoms with Crippen LogP contribution in [0.5, 0.6) is 11.5 Å². The number of hydrogen-bond donors (Lipinski definition) is 1. The van der Waals surface area contributed by atoms with E-state index in [1.807, 2.05) is 52.0 Å². The topological polar surface area (TPSA) is 76.1 Å². The molecule has 0 bridgehead atoms. The fourth-order valence-corrected chi connectivity index (χ4v) is 4.74. The molecule has 6 nitrogen and oxygen atoms in total. The molecule has 2 aliphatic carbocycles. The number of aromatic hydroxyl groups is 1. The van der Waals surface area contributed by atoms with Gasteiger partial charge in [-0.1, -0.05) is 6.07 Å². The molecule has 0 aromatic heterocycles. The molecule has 6 heteroatoms. The van der Waals surface area contributed by atoms with Crippen LogP contribution in [0.1, 0.15) is 68.8 Å². The van der Waals surface area contributed by atoms with E-state index in [0.717, 1.165) is 41.7 Å². The van der Waals surface area contributed by atoms with Crippen LogP contribution in [-0.2, 0) is 9.53 Å². The number of phenols is 1. The number of benzene rings is 2. The van der Waals surface area contributed by atoms with Gasteiger partial charge in [0.2, 0.25) is 0 Å². The maximum Gasteiger partial charge on any atom is 0.316 e. The van der Waals surface area contributed by atoms with Gasteiger partial charge < -0.3 is 19.5 Å². The van der Waals surface area contributed by atoms with E-state index in [1.54, 1.807) is 30.2 Å². The normalized spacial score (nSPS) is 16.9. The fourth-order valence-electron chi connectivity index (χ4n) is 4.74. The summed E-state index contributed by atoms with van der Waals surface area (Å²) < 4.78 is 11.2. The van der Waals surface area contributed by atoms with E-state index in [1.165, 1.54) is 12.1 Å². The summed E-state index contributed by atoms with van der Waals surface area (Å²) in [5.74, 6) is 1.08. The van der Waals surface area contributed by atoms with Crippen LogP contribution in [-0.4, -0.2) is 30.6 Å². The second-order valence-corrected chi connectivity index (χ2v) is 10.7. The van der Waals surface area contributed by atoms with Crippen LogP contribution in [0.15, 0.2) is 83.3 Å². The third kappa shape index (κ3) is 5.92. The number of esters is 1. The van der Waals surface area contributed by atoms with E-state index < -0.39 is 5.41 Å². The number of hydrogen-bond acceptors (Lipinski definition) is 5. The highest BCUT2D eigenvalue weighted by molar-refractivity contribution is 6.06. The van der Waals surface area contributed by atoms with Crippen LogP contribution < -0.4 is 9.64 Å². The van der Waals surface area contributed by atoms with Gasteiger partial charge in [0.15, 0.2) is 0 Å². The van der Waals surface area contributed by atoms with Crippen molar-refractivity contribution in [3.05, 3.63) is 94.5 Å². The Morgan fingerprint density at radius 3 is 2.47 bits per heavy atom. The molecule has 0 aliphatic heterocycles. The Morgan fingerprint density at radius 2 is 1.82 bits per heavy atom. The number of amides is 1. The van der Waals surface area contributed by atoms with Gasteiger partial charge in [-0.05, 0) is 112 Å². The molecule has 0 heterocycles. The number of carbonyl (C=O) groups excluding carboxylic acids is 2. The molecule has 2 aromatic carbocycles. The molecule has 4 rings (SSSR count). The number of methoxy groups -OCH3 is 1. The first-order valence-electron chi connectivity index (χ1n) is 13.0. The average Bonchev–Trinajstić information content (AvgIpc) is 3.10. The van der Waals surface area contributed by atoms with Crippen molar-refractivity contribution in [2.24, 2.45) is 5.41 Å². The maximum atomic E-state index is 13.5. The molecule has 0 unspecified atom stereocenters. The molecule has 2 aliphatic rings. The summed E-state index contributed by atoms with van der Waals surface area (Å²) >= 11 is 0. The SMILES string of the molecule is CCN(C(=O)c1ccc(O)cc1)c1cc(OC)ccc1[C@H]1CCC2=C(C=C=CC(OC(=O)C(C)(C)C)=C2)C1. The first-order valence-corrected chi connectivity index (χ1v) is 13.0. The molecule has 38 heavy (non-hydrogen) atoms. The van der Waals surface area contributed by atoms with Crippen molar-refractivity contribution in [1.82, 2.24) is 0 Å². The third-order valence-corrected chi connectivity index (χ3v) is 6.91. The van der Waals surface area contributed by atoms with E-state index in [9.17, 15) is 14.7 Å². The van der Waals surface area contributed by atoms with Gasteiger partial charge in [0.1, 0.15) is 17.3 Å². The largest absolute Gasteiger partial charge is 0.508 e. The van der Waals surface area contributed by atoms with Crippen molar-refractivity contribution in [2.75, 3.05) is 18.6 Å². The van der Waals surface area contributed by atoms with Crippen LogP contribution in [0.25, 0.3) is 0 Å². The van der Waals surface area contributed by atoms with Crippen LogP contribution in [0.4, 0.5) is 5.69 Å². The molecule has 1 amide bonds. The Bertz CT molecular complexity index is 1350. The number of allylic oxidation sites excluding steroid dienone is 4. The van der Waals surface area contributed by atoms with E-state index >= 15 is 0 Å². The third-order valence-electron chi connectivity index (χ3n) is 6.91. The molecule has 198 valence electrons. The number of anilines is 1. The molecule has 2 aromatic rings. The van der Waals surface area contributed by atoms with Crippen LogP contribution in [0, 0.1) is 5.41 Å². The molecular formula is C32H35NO5. The first kappa shape index (κ1) is 27.0. The van der Waals surface area contributed by atoms with Crippen LogP contribution in [0.2, 0.25) is 0 Å². The number of phenolic OH excluding ortho intramolecular Hbond substituents is 1. The quantitative estimate of drug-likeness (QED) is 0.338. The number of carbonyl (C=O) groups is 2. The van der Waals surface area contributed by atoms with Gasteiger partial charge >= 0.3 is 5.97 Å². The van der Waals surface area contributed by atoms with Crippen molar-refractivity contribution < 1.29 is 24.2 Å². The van der Waals surface area contributed by atoms with Gasteiger partial charge in [-0.15, -0.1) is 5.73 Å². The Hall–Kier alpha value is -4.02. The molecule has 0 fully saturated rings. The number of nitrogens with zero attached hydrogens (tertiary/aromatic N) is 1. The predicted molar refractivity (Wildman–Crippen MR) is 148 cm³/mol. The highest BCUT2D eigenvalue weighted by atomic mass is 16.5. The summed E-state index contributed by atoms with van der Waals surface area (Å²) in [7, 11) is 1.62. The number of ether oxygens (including phenoxy) is 2. The standard InChI is InChI=1S/C32H35NO5/c1-6-33(30(35)21-12-14-25(34)15-13-21)29-20-26(37-5)16-17-28(29)24-11-10-23-19-27(9-7-8-22(23)18-24)38-31(36)32(2,3)4/h8-9,12-17,19-20,24,34H,6,10-11,18H2,1-5H3/t24-/m0/s1. The summed E-state index contributed by atoms with van der Waals surface area (Å²) in [5, 5.41) is 9.66. The molecule has 0 saturated carbocycles. The monoisotopic (exact) mass is 513 g/mol. The van der Waals surface area contributed by atoms with Crippen molar-refractivity contribution in [3.8, 4) is 11.5 Å². The fraction of sp³-hybridized carbons (Fsp3) is 0.344. The van der Waals surface area contributed by atoms with Gasteiger partial charge in [-0.25, -0.2) is 0 Å². The second-order valence-electron chi connectivity index (χ2n) is 10.7. The lowest BCUT2D eigenvalue weighted by molar-refractivity contribution is -0.147. The lowest BCUT2D eigenvalue weighted by Crippen LogP contribution is -2.32. The Morgan fingerprint density at radius 1 is 1.08 bits per heavy atom. The molecule has 0 saturated heterocycles. The Labute approximate surface area is 224 Å². The summed E-state index contributed by atoms with van der Waals surface area (Å²) in [6.07, 6.45) is 8.11. The lowest BCUT2D eigenvalue weighted by atomic mass is 9.79. The summed E-state index contributed by atoms with van der Waals surface area (Å²) in [4.78, 5) is 27.7. The molecule has 0 radical (unpaired) electrons. The summed E-state index contributed by atoms with van der Waals surface area (Å²) in [6.45, 7) is 7.93. The highest BCUT2D eigenvalue weighted by Crippen LogP contribution is 2.43. The van der Waals surface area contributed by atoms with Gasteiger partial charge in [0.25, 0.3) is 5.91 Å². The minimum absolute atomic E-state index is 0.119. The Balaban J connectivity index is 1.65. The minimum atomic E-state index is -0.590. The smallest absolute Gasteiger partial charge is 0.316 e. The minimum Gasteiger partial charge on any atom is -0.508 e. The van der Waals surface area contributed by atoms with Gasteiger partial charge in [0, 0.05) is 24.3 Å². The molecular weight excluding hydrogens is 478 g/mol. The average molecular weight is 514 g/mol. The summed E-state index contributed by atoms with van der Waals surface area (Å²) in [5.41, 5.74) is 7.28. The van der Waals surface area contributed by atoms with Crippen molar-refractivity contribution >= 4 is 17.6 Å². The van der Waals surface area contributed by atoms with Crippen LogP contribution in [0.3, 0.4) is 0 Å². The first-order chi connectivity index (χ1) is 18.1. The zero-order valence-electron chi connectivity index (χ0n) is 22.7. The second kappa shape index (κ2) is 11.2. The number of rotatable bonds is 6. The molecule has 0 spiro atoms. The van der Waals surface area contributed by atoms with Crippen molar-refractivity contribution in [1.29, 1.82) is 0 Å². The lowest BCUT2D eigenvalue weighted by Gasteiger charge is -2.31. The van der Waals surface area contributed by atoms with Gasteiger partial charge in [-0.2, -0.15) is 0 Å². The van der Waals surface area contributed by atoms with Crippen molar-refractivity contribution in [2.45, 2.75) is 52.9 Å². The van der Waals surface area contributed by atoms with Crippen molar-refractivity contribution in [3.63, 3.8) is 0 Å². The molecule has 1 atom stereocenters. The zero-order chi connectivity index (χ0) is 27.4. The Kier molecular flexibility index (Phi) is 7.94. The van der Waals surface area contributed by atoms with E-state index in [-0.39, 0.29) is 23.5 Å². The predicted octanol–water partition coefficient (Wildman–Crippen LogP) is 6.83.